The second-order valence-corrected chi connectivity index (χ2v) is 5.99. The van der Waals surface area contributed by atoms with Crippen molar-refractivity contribution in [1.82, 2.24) is 25.2 Å². The molecule has 0 amide bonds. The molecular formula is C16H27IN6. The molecule has 0 fully saturated rings. The molecule has 2 aromatic rings. The van der Waals surface area contributed by atoms with E-state index in [1.165, 1.54) is 6.42 Å². The van der Waals surface area contributed by atoms with Gasteiger partial charge in [0, 0.05) is 19.3 Å². The summed E-state index contributed by atoms with van der Waals surface area (Å²) in [6.45, 7) is 7.26. The van der Waals surface area contributed by atoms with Gasteiger partial charge < -0.3 is 10.6 Å². The Hall–Kier alpha value is -1.38. The smallest absolute Gasteiger partial charge is 0.191 e. The van der Waals surface area contributed by atoms with Crippen molar-refractivity contribution in [3.8, 4) is 0 Å². The molecule has 7 heteroatoms. The molecule has 23 heavy (non-hydrogen) atoms. The van der Waals surface area contributed by atoms with Gasteiger partial charge in [-0.15, -0.1) is 34.2 Å². The minimum Gasteiger partial charge on any atom is -0.354 e. The van der Waals surface area contributed by atoms with Crippen molar-refractivity contribution >= 4 is 35.6 Å². The minimum atomic E-state index is 0. The molecule has 0 aliphatic carbocycles. The normalized spacial score (nSPS) is 13.0. The molecule has 0 spiro atoms. The molecule has 0 aliphatic rings. The number of rotatable bonds is 6. The summed E-state index contributed by atoms with van der Waals surface area (Å²) in [5.41, 5.74) is 0.854. The summed E-state index contributed by atoms with van der Waals surface area (Å²) in [6, 6.07) is 6.26. The Labute approximate surface area is 155 Å². The van der Waals surface area contributed by atoms with Crippen LogP contribution in [0.15, 0.2) is 29.4 Å². The average molecular weight is 430 g/mol. The number of aromatic nitrogens is 3. The van der Waals surface area contributed by atoms with Crippen LogP contribution in [-0.4, -0.2) is 33.6 Å². The van der Waals surface area contributed by atoms with Gasteiger partial charge in [0.15, 0.2) is 17.4 Å². The Kier molecular flexibility index (Phi) is 8.29. The number of aliphatic imine (C=N–C) groups is 1. The SMILES string of the molecule is CN=C(NCc1nnc2ccccn12)NC(C)CCC(C)C.I. The van der Waals surface area contributed by atoms with Crippen LogP contribution in [0.1, 0.15) is 39.4 Å². The summed E-state index contributed by atoms with van der Waals surface area (Å²) in [7, 11) is 1.78. The third-order valence-electron chi connectivity index (χ3n) is 3.58. The maximum Gasteiger partial charge on any atom is 0.191 e. The zero-order valence-corrected chi connectivity index (χ0v) is 16.6. The van der Waals surface area contributed by atoms with Crippen molar-refractivity contribution < 1.29 is 0 Å². The lowest BCUT2D eigenvalue weighted by atomic mass is 10.0. The minimum absolute atomic E-state index is 0. The van der Waals surface area contributed by atoms with E-state index in [4.69, 9.17) is 0 Å². The molecule has 1 unspecified atom stereocenters. The largest absolute Gasteiger partial charge is 0.354 e. The van der Waals surface area contributed by atoms with Crippen molar-refractivity contribution in [3.63, 3.8) is 0 Å². The van der Waals surface area contributed by atoms with Gasteiger partial charge in [0.25, 0.3) is 0 Å². The van der Waals surface area contributed by atoms with Crippen molar-refractivity contribution in [3.05, 3.63) is 30.2 Å². The maximum atomic E-state index is 4.27. The highest BCUT2D eigenvalue weighted by Crippen LogP contribution is 2.06. The van der Waals surface area contributed by atoms with Gasteiger partial charge in [-0.3, -0.25) is 9.39 Å². The molecule has 2 heterocycles. The molecule has 0 radical (unpaired) electrons. The van der Waals surface area contributed by atoms with Gasteiger partial charge in [0.2, 0.25) is 0 Å². The molecule has 0 saturated heterocycles. The molecule has 0 saturated carbocycles. The number of pyridine rings is 1. The van der Waals surface area contributed by atoms with Crippen LogP contribution in [0.25, 0.3) is 5.65 Å². The molecule has 6 nitrogen and oxygen atoms in total. The van der Waals surface area contributed by atoms with Crippen LogP contribution < -0.4 is 10.6 Å². The van der Waals surface area contributed by atoms with Crippen LogP contribution in [0.3, 0.4) is 0 Å². The summed E-state index contributed by atoms with van der Waals surface area (Å²) >= 11 is 0. The molecule has 0 bridgehead atoms. The Morgan fingerprint density at radius 2 is 2.00 bits per heavy atom. The van der Waals surface area contributed by atoms with Crippen LogP contribution in [0, 0.1) is 5.92 Å². The van der Waals surface area contributed by atoms with E-state index in [1.54, 1.807) is 7.05 Å². The van der Waals surface area contributed by atoms with E-state index in [2.05, 4.69) is 46.6 Å². The number of hydrogen-bond acceptors (Lipinski definition) is 3. The van der Waals surface area contributed by atoms with Gasteiger partial charge >= 0.3 is 0 Å². The Bertz CT molecular complexity index is 622. The Morgan fingerprint density at radius 3 is 2.70 bits per heavy atom. The van der Waals surface area contributed by atoms with E-state index < -0.39 is 0 Å². The second-order valence-electron chi connectivity index (χ2n) is 5.99. The second kappa shape index (κ2) is 9.69. The lowest BCUT2D eigenvalue weighted by molar-refractivity contribution is 0.489. The third-order valence-corrected chi connectivity index (χ3v) is 3.58. The van der Waals surface area contributed by atoms with E-state index in [-0.39, 0.29) is 24.0 Å². The van der Waals surface area contributed by atoms with Gasteiger partial charge in [-0.05, 0) is 37.8 Å². The quantitative estimate of drug-likeness (QED) is 0.420. The van der Waals surface area contributed by atoms with Gasteiger partial charge in [0.05, 0.1) is 6.54 Å². The number of halogens is 1. The highest BCUT2D eigenvalue weighted by atomic mass is 127. The fourth-order valence-corrected chi connectivity index (χ4v) is 2.26. The zero-order valence-electron chi connectivity index (χ0n) is 14.3. The lowest BCUT2D eigenvalue weighted by Crippen LogP contribution is -2.42. The van der Waals surface area contributed by atoms with E-state index in [0.29, 0.717) is 12.6 Å². The zero-order chi connectivity index (χ0) is 15.9. The first-order valence-corrected chi connectivity index (χ1v) is 7.86. The predicted octanol–water partition coefficient (Wildman–Crippen LogP) is 2.84. The summed E-state index contributed by atoms with van der Waals surface area (Å²) in [6.07, 6.45) is 4.31. The van der Waals surface area contributed by atoms with E-state index >= 15 is 0 Å². The van der Waals surface area contributed by atoms with Gasteiger partial charge in [-0.2, -0.15) is 0 Å². The summed E-state index contributed by atoms with van der Waals surface area (Å²) in [5.74, 6) is 2.39. The van der Waals surface area contributed by atoms with Gasteiger partial charge in [0.1, 0.15) is 0 Å². The van der Waals surface area contributed by atoms with Crippen molar-refractivity contribution in [2.75, 3.05) is 7.05 Å². The number of fused-ring (bicyclic) bond motifs is 1. The fraction of sp³-hybridized carbons (Fsp3) is 0.562. The number of guanidine groups is 1. The standard InChI is InChI=1S/C16H26N6.HI/c1-12(2)8-9-13(3)19-16(17-4)18-11-15-21-20-14-7-5-6-10-22(14)15;/h5-7,10,12-13H,8-9,11H2,1-4H3,(H2,17,18,19);1H. The third kappa shape index (κ3) is 5.96. The monoisotopic (exact) mass is 430 g/mol. The van der Waals surface area contributed by atoms with E-state index in [0.717, 1.165) is 29.8 Å². The number of nitrogens with one attached hydrogen (secondary N) is 2. The first-order chi connectivity index (χ1) is 10.6. The molecular weight excluding hydrogens is 403 g/mol. The Morgan fingerprint density at radius 1 is 1.22 bits per heavy atom. The molecule has 0 aromatic carbocycles. The summed E-state index contributed by atoms with van der Waals surface area (Å²) < 4.78 is 1.97. The number of nitrogens with zero attached hydrogens (tertiary/aromatic N) is 4. The first kappa shape index (κ1) is 19.7. The van der Waals surface area contributed by atoms with Crippen LogP contribution in [0.4, 0.5) is 0 Å². The highest BCUT2D eigenvalue weighted by Gasteiger charge is 2.08. The Balaban J connectivity index is 0.00000264. The average Bonchev–Trinajstić information content (AvgIpc) is 2.92. The first-order valence-electron chi connectivity index (χ1n) is 7.86. The molecule has 2 N–H and O–H groups in total. The summed E-state index contributed by atoms with van der Waals surface area (Å²) in [5, 5.41) is 15.1. The molecule has 2 aromatic heterocycles. The van der Waals surface area contributed by atoms with Crippen molar-refractivity contribution in [1.29, 1.82) is 0 Å². The number of hydrogen-bond donors (Lipinski definition) is 2. The van der Waals surface area contributed by atoms with Crippen LogP contribution >= 0.6 is 24.0 Å². The van der Waals surface area contributed by atoms with E-state index in [9.17, 15) is 0 Å². The topological polar surface area (TPSA) is 66.6 Å². The maximum absolute atomic E-state index is 4.27. The van der Waals surface area contributed by atoms with Crippen molar-refractivity contribution in [2.24, 2.45) is 10.9 Å². The van der Waals surface area contributed by atoms with Crippen LogP contribution in [0.5, 0.6) is 0 Å². The summed E-state index contributed by atoms with van der Waals surface area (Å²) in [4.78, 5) is 4.27. The van der Waals surface area contributed by atoms with Crippen LogP contribution in [0.2, 0.25) is 0 Å². The lowest BCUT2D eigenvalue weighted by Gasteiger charge is -2.18. The van der Waals surface area contributed by atoms with Gasteiger partial charge in [-0.25, -0.2) is 0 Å². The highest BCUT2D eigenvalue weighted by molar-refractivity contribution is 14.0. The molecule has 0 aliphatic heterocycles. The van der Waals surface area contributed by atoms with Crippen LogP contribution in [-0.2, 0) is 6.54 Å². The molecule has 2 rings (SSSR count). The predicted molar refractivity (Wildman–Crippen MR) is 105 cm³/mol. The molecule has 128 valence electrons. The fourth-order valence-electron chi connectivity index (χ4n) is 2.26. The molecule has 1 atom stereocenters. The van der Waals surface area contributed by atoms with Crippen molar-refractivity contribution in [2.45, 2.75) is 46.2 Å². The van der Waals surface area contributed by atoms with Gasteiger partial charge in [-0.1, -0.05) is 19.9 Å². The van der Waals surface area contributed by atoms with E-state index in [1.807, 2.05) is 28.8 Å².